The zero-order valence-corrected chi connectivity index (χ0v) is 7.35. The molecule has 0 saturated heterocycles. The van der Waals surface area contributed by atoms with E-state index in [1.54, 1.807) is 0 Å². The maximum absolute atomic E-state index is 13.0. The van der Waals surface area contributed by atoms with Gasteiger partial charge in [0.1, 0.15) is 12.3 Å². The first-order chi connectivity index (χ1) is 6.16. The van der Waals surface area contributed by atoms with E-state index < -0.39 is 23.8 Å². The molecule has 0 aliphatic heterocycles. The molecule has 0 bridgehead atoms. The Balaban J connectivity index is 2.39. The van der Waals surface area contributed by atoms with Crippen molar-refractivity contribution in [3.05, 3.63) is 0 Å². The zero-order valence-electron chi connectivity index (χ0n) is 6.53. The van der Waals surface area contributed by atoms with Gasteiger partial charge in [0.25, 0.3) is 0 Å². The minimum Gasteiger partial charge on any atom is -0.244 e. The highest BCUT2D eigenvalue weighted by Gasteiger charge is 2.41. The lowest BCUT2D eigenvalue weighted by atomic mass is 9.95. The lowest BCUT2D eigenvalue weighted by Gasteiger charge is -2.29. The molecule has 13 heavy (non-hydrogen) atoms. The van der Waals surface area contributed by atoms with E-state index in [9.17, 15) is 13.2 Å². The van der Waals surface area contributed by atoms with Crippen molar-refractivity contribution in [3.63, 3.8) is 0 Å². The summed E-state index contributed by atoms with van der Waals surface area (Å²) < 4.78 is 42.2. The van der Waals surface area contributed by atoms with Gasteiger partial charge in [-0.05, 0) is 12.8 Å². The maximum atomic E-state index is 13.0. The van der Waals surface area contributed by atoms with Crippen molar-refractivity contribution in [2.45, 2.75) is 36.6 Å². The van der Waals surface area contributed by atoms with Crippen molar-refractivity contribution >= 4 is 12.0 Å². The molecule has 0 radical (unpaired) electrons. The smallest absolute Gasteiger partial charge is 0.163 e. The molecule has 0 aromatic carbocycles. The van der Waals surface area contributed by atoms with Crippen molar-refractivity contribution < 1.29 is 27.8 Å². The number of alkyl halides is 3. The summed E-state index contributed by atoms with van der Waals surface area (Å²) in [6.07, 6.45) is -5.69. The molecule has 1 aliphatic carbocycles. The number of hydrogen-bond donors (Lipinski definition) is 1. The van der Waals surface area contributed by atoms with Crippen molar-refractivity contribution in [1.82, 2.24) is 0 Å². The van der Waals surface area contributed by atoms with Crippen LogP contribution in [0.5, 0.6) is 0 Å². The Labute approximate surface area is 77.3 Å². The summed E-state index contributed by atoms with van der Waals surface area (Å²) in [5.74, 6) is 0. The Kier molecular flexibility index (Phi) is 4.30. The molecule has 1 fully saturated rings. The third-order valence-corrected chi connectivity index (χ3v) is 2.81. The highest BCUT2D eigenvalue weighted by Crippen LogP contribution is 2.34. The Morgan fingerprint density at radius 2 is 1.85 bits per heavy atom. The van der Waals surface area contributed by atoms with Gasteiger partial charge >= 0.3 is 0 Å². The fourth-order valence-corrected chi connectivity index (χ4v) is 1.84. The first-order valence-corrected chi connectivity index (χ1v) is 4.53. The van der Waals surface area contributed by atoms with E-state index in [2.05, 4.69) is 9.37 Å². The Morgan fingerprint density at radius 3 is 2.46 bits per heavy atom. The summed E-state index contributed by atoms with van der Waals surface area (Å²) in [6.45, 7) is 0. The molecule has 1 saturated carbocycles. The van der Waals surface area contributed by atoms with E-state index in [-0.39, 0.29) is 12.8 Å². The van der Waals surface area contributed by atoms with Crippen molar-refractivity contribution in [2.75, 3.05) is 0 Å². The average Bonchev–Trinajstić information content (AvgIpc) is 2.13. The number of halogens is 3. The van der Waals surface area contributed by atoms with Gasteiger partial charge in [-0.2, -0.15) is 0 Å². The second kappa shape index (κ2) is 5.04. The van der Waals surface area contributed by atoms with Gasteiger partial charge in [-0.15, -0.1) is 4.33 Å². The van der Waals surface area contributed by atoms with Gasteiger partial charge in [-0.3, -0.25) is 0 Å². The minimum absolute atomic E-state index is 0.0476. The summed E-state index contributed by atoms with van der Waals surface area (Å²) in [4.78, 5) is 0. The third-order valence-electron chi connectivity index (χ3n) is 1.93. The molecule has 0 amide bonds. The molecule has 3 nitrogen and oxygen atoms in total. The molecule has 0 aromatic rings. The molecule has 1 N–H and O–H groups in total. The standard InChI is InChI=1S/C6H9F3O3S/c7-3-1-2-4(13-12-11-10)6(9)5(3)8/h3-6,10H,1-2H2. The topological polar surface area (TPSA) is 38.7 Å². The summed E-state index contributed by atoms with van der Waals surface area (Å²) in [5, 5.41) is 10.2. The van der Waals surface area contributed by atoms with E-state index in [0.29, 0.717) is 12.0 Å². The van der Waals surface area contributed by atoms with Gasteiger partial charge in [-0.1, -0.05) is 5.04 Å². The summed E-state index contributed by atoms with van der Waals surface area (Å²) in [6, 6.07) is 0. The summed E-state index contributed by atoms with van der Waals surface area (Å²) in [5.41, 5.74) is 0. The van der Waals surface area contributed by atoms with Crippen LogP contribution < -0.4 is 0 Å². The van der Waals surface area contributed by atoms with Crippen LogP contribution in [0.3, 0.4) is 0 Å². The van der Waals surface area contributed by atoms with Crippen LogP contribution in [0, 0.1) is 0 Å². The Bertz CT molecular complexity index is 160. The van der Waals surface area contributed by atoms with Gasteiger partial charge in [0.05, 0.1) is 5.25 Å². The van der Waals surface area contributed by atoms with Crippen LogP contribution in [0.4, 0.5) is 13.2 Å². The van der Waals surface area contributed by atoms with Crippen LogP contribution in [-0.4, -0.2) is 29.0 Å². The molecule has 0 aromatic heterocycles. The van der Waals surface area contributed by atoms with E-state index in [1.165, 1.54) is 0 Å². The lowest BCUT2D eigenvalue weighted by Crippen LogP contribution is -2.41. The molecule has 0 heterocycles. The van der Waals surface area contributed by atoms with Gasteiger partial charge in [0.2, 0.25) is 0 Å². The predicted octanol–water partition coefficient (Wildman–Crippen LogP) is 2.23. The van der Waals surface area contributed by atoms with E-state index in [4.69, 9.17) is 5.26 Å². The Morgan fingerprint density at radius 1 is 1.15 bits per heavy atom. The highest BCUT2D eigenvalue weighted by molar-refractivity contribution is 7.95. The van der Waals surface area contributed by atoms with Crippen LogP contribution in [-0.2, 0) is 9.37 Å². The molecule has 4 atom stereocenters. The average molecular weight is 218 g/mol. The summed E-state index contributed by atoms with van der Waals surface area (Å²) >= 11 is 0.457. The second-order valence-electron chi connectivity index (χ2n) is 2.76. The van der Waals surface area contributed by atoms with E-state index in [1.807, 2.05) is 0 Å². The quantitative estimate of drug-likeness (QED) is 0.448. The second-order valence-corrected chi connectivity index (χ2v) is 3.69. The molecular weight excluding hydrogens is 209 g/mol. The molecular formula is C6H9F3O3S. The fraction of sp³-hybridized carbons (Fsp3) is 1.00. The molecule has 0 spiro atoms. The van der Waals surface area contributed by atoms with Gasteiger partial charge in [0.15, 0.2) is 6.17 Å². The molecule has 1 rings (SSSR count). The Hall–Kier alpha value is 0.0200. The first-order valence-electron chi connectivity index (χ1n) is 3.72. The first kappa shape index (κ1) is 11.1. The van der Waals surface area contributed by atoms with Gasteiger partial charge in [-0.25, -0.2) is 18.4 Å². The molecule has 1 aliphatic rings. The number of hydrogen-bond acceptors (Lipinski definition) is 4. The fourth-order valence-electron chi connectivity index (χ4n) is 1.22. The number of rotatable bonds is 3. The van der Waals surface area contributed by atoms with E-state index >= 15 is 0 Å². The van der Waals surface area contributed by atoms with Gasteiger partial charge in [0, 0.05) is 12.0 Å². The third kappa shape index (κ3) is 2.73. The molecule has 7 heteroatoms. The van der Waals surface area contributed by atoms with Crippen LogP contribution >= 0.6 is 12.0 Å². The largest absolute Gasteiger partial charge is 0.244 e. The minimum atomic E-state index is -2.12. The van der Waals surface area contributed by atoms with Crippen molar-refractivity contribution in [3.8, 4) is 0 Å². The van der Waals surface area contributed by atoms with Crippen LogP contribution in [0.25, 0.3) is 0 Å². The summed E-state index contributed by atoms with van der Waals surface area (Å²) in [7, 11) is 0. The van der Waals surface area contributed by atoms with Crippen molar-refractivity contribution in [1.29, 1.82) is 0 Å². The van der Waals surface area contributed by atoms with Crippen LogP contribution in [0.1, 0.15) is 12.8 Å². The SMILES string of the molecule is OOOSC1CCC(F)C(F)C1F. The zero-order chi connectivity index (χ0) is 9.84. The van der Waals surface area contributed by atoms with Crippen molar-refractivity contribution in [2.24, 2.45) is 0 Å². The molecule has 78 valence electrons. The van der Waals surface area contributed by atoms with Crippen LogP contribution in [0.2, 0.25) is 0 Å². The van der Waals surface area contributed by atoms with E-state index in [0.717, 1.165) is 0 Å². The highest BCUT2D eigenvalue weighted by atomic mass is 32.2. The normalized spacial score (nSPS) is 40.6. The maximum Gasteiger partial charge on any atom is 0.163 e. The molecule has 4 unspecified atom stereocenters. The predicted molar refractivity (Wildman–Crippen MR) is 40.1 cm³/mol. The lowest BCUT2D eigenvalue weighted by molar-refractivity contribution is -0.432. The van der Waals surface area contributed by atoms with Crippen LogP contribution in [0.15, 0.2) is 0 Å². The van der Waals surface area contributed by atoms with Gasteiger partial charge < -0.3 is 0 Å². The monoisotopic (exact) mass is 218 g/mol.